The quantitative estimate of drug-likeness (QED) is 0.802. The van der Waals surface area contributed by atoms with Crippen molar-refractivity contribution in [1.82, 2.24) is 14.1 Å². The molecule has 1 N–H and O–H groups in total. The first-order chi connectivity index (χ1) is 11.0. The normalized spacial score (nSPS) is 10.9. The van der Waals surface area contributed by atoms with Crippen LogP contribution in [0, 0.1) is 0 Å². The molecule has 0 atom stereocenters. The molecule has 0 unspecified atom stereocenters. The molecule has 0 saturated carbocycles. The molecule has 0 fully saturated rings. The van der Waals surface area contributed by atoms with Gasteiger partial charge >= 0.3 is 5.69 Å². The number of anilines is 2. The Hall–Kier alpha value is -2.89. The van der Waals surface area contributed by atoms with E-state index in [1.807, 2.05) is 24.3 Å². The van der Waals surface area contributed by atoms with Crippen molar-refractivity contribution in [2.24, 2.45) is 14.1 Å². The van der Waals surface area contributed by atoms with E-state index in [1.165, 1.54) is 17.2 Å². The van der Waals surface area contributed by atoms with Gasteiger partial charge in [0.15, 0.2) is 5.65 Å². The molecule has 0 aliphatic carbocycles. The maximum Gasteiger partial charge on any atom is 0.332 e. The van der Waals surface area contributed by atoms with Gasteiger partial charge in [0, 0.05) is 26.0 Å². The second-order valence-corrected chi connectivity index (χ2v) is 5.44. The monoisotopic (exact) mass is 310 g/mol. The van der Waals surface area contributed by atoms with E-state index in [-0.39, 0.29) is 11.2 Å². The van der Waals surface area contributed by atoms with Crippen LogP contribution in [0.1, 0.15) is 12.5 Å². The number of hydrogen-bond acceptors (Lipinski definition) is 4. The molecule has 23 heavy (non-hydrogen) atoms. The molecule has 6 nitrogen and oxygen atoms in total. The van der Waals surface area contributed by atoms with Crippen molar-refractivity contribution in [3.8, 4) is 0 Å². The number of aromatic nitrogens is 3. The standard InChI is InChI=1S/C17H18N4O2/c1-4-11-5-7-12(8-6-11)19-13-9-10-18-15-14(13)16(22)21(3)17(23)20(15)2/h5-10H,4H2,1-3H3,(H,18,19). The Morgan fingerprint density at radius 3 is 2.39 bits per heavy atom. The van der Waals surface area contributed by atoms with Crippen molar-refractivity contribution in [1.29, 1.82) is 0 Å². The van der Waals surface area contributed by atoms with Crippen LogP contribution in [-0.4, -0.2) is 14.1 Å². The molecule has 0 radical (unpaired) electrons. The van der Waals surface area contributed by atoms with E-state index in [0.29, 0.717) is 16.7 Å². The number of hydrogen-bond donors (Lipinski definition) is 1. The molecule has 0 amide bonds. The maximum atomic E-state index is 12.5. The van der Waals surface area contributed by atoms with Crippen molar-refractivity contribution < 1.29 is 0 Å². The first-order valence-electron chi connectivity index (χ1n) is 7.43. The lowest BCUT2D eigenvalue weighted by atomic mass is 10.1. The summed E-state index contributed by atoms with van der Waals surface area (Å²) >= 11 is 0. The fourth-order valence-electron chi connectivity index (χ4n) is 2.57. The van der Waals surface area contributed by atoms with Gasteiger partial charge in [0.05, 0.1) is 5.69 Å². The molecule has 0 spiro atoms. The molecule has 0 bridgehead atoms. The topological polar surface area (TPSA) is 68.9 Å². The molecule has 3 rings (SSSR count). The second kappa shape index (κ2) is 5.72. The third-order valence-corrected chi connectivity index (χ3v) is 3.98. The van der Waals surface area contributed by atoms with Crippen LogP contribution in [0.4, 0.5) is 11.4 Å². The van der Waals surface area contributed by atoms with E-state index in [1.54, 1.807) is 19.3 Å². The Balaban J connectivity index is 2.18. The zero-order chi connectivity index (χ0) is 16.6. The summed E-state index contributed by atoms with van der Waals surface area (Å²) in [5, 5.41) is 3.64. The predicted molar refractivity (Wildman–Crippen MR) is 91.3 cm³/mol. The Labute approximate surface area is 133 Å². The SMILES string of the molecule is CCc1ccc(Nc2ccnc3c2c(=O)n(C)c(=O)n3C)cc1. The highest BCUT2D eigenvalue weighted by Gasteiger charge is 2.13. The Kier molecular flexibility index (Phi) is 3.73. The summed E-state index contributed by atoms with van der Waals surface area (Å²) in [5.41, 5.74) is 2.38. The van der Waals surface area contributed by atoms with E-state index in [0.717, 1.165) is 16.7 Å². The van der Waals surface area contributed by atoms with Gasteiger partial charge in [-0.15, -0.1) is 0 Å². The number of rotatable bonds is 3. The van der Waals surface area contributed by atoms with Gasteiger partial charge in [-0.3, -0.25) is 13.9 Å². The van der Waals surface area contributed by atoms with E-state index >= 15 is 0 Å². The number of nitrogens with one attached hydrogen (secondary N) is 1. The molecular weight excluding hydrogens is 292 g/mol. The fourth-order valence-corrected chi connectivity index (χ4v) is 2.57. The van der Waals surface area contributed by atoms with Crippen LogP contribution in [0.15, 0.2) is 46.1 Å². The summed E-state index contributed by atoms with van der Waals surface area (Å²) < 4.78 is 2.47. The van der Waals surface area contributed by atoms with Crippen LogP contribution in [0.5, 0.6) is 0 Å². The highest BCUT2D eigenvalue weighted by Crippen LogP contribution is 2.22. The van der Waals surface area contributed by atoms with Crippen molar-refractivity contribution in [2.45, 2.75) is 13.3 Å². The molecule has 0 saturated heterocycles. The van der Waals surface area contributed by atoms with Gasteiger partial charge in [0.25, 0.3) is 5.56 Å². The fraction of sp³-hybridized carbons (Fsp3) is 0.235. The Morgan fingerprint density at radius 2 is 1.74 bits per heavy atom. The van der Waals surface area contributed by atoms with Crippen molar-refractivity contribution >= 4 is 22.4 Å². The van der Waals surface area contributed by atoms with Gasteiger partial charge in [-0.1, -0.05) is 19.1 Å². The molecule has 3 aromatic rings. The van der Waals surface area contributed by atoms with Gasteiger partial charge < -0.3 is 5.32 Å². The second-order valence-electron chi connectivity index (χ2n) is 5.44. The van der Waals surface area contributed by atoms with Crippen LogP contribution < -0.4 is 16.6 Å². The lowest BCUT2D eigenvalue weighted by Gasteiger charge is -2.12. The predicted octanol–water partition coefficient (Wildman–Crippen LogP) is 1.94. The third kappa shape index (κ3) is 2.52. The third-order valence-electron chi connectivity index (χ3n) is 3.98. The van der Waals surface area contributed by atoms with Crippen LogP contribution in [-0.2, 0) is 20.5 Å². The highest BCUT2D eigenvalue weighted by molar-refractivity contribution is 5.90. The summed E-state index contributed by atoms with van der Waals surface area (Å²) in [6.45, 7) is 2.10. The van der Waals surface area contributed by atoms with E-state index in [9.17, 15) is 9.59 Å². The zero-order valence-corrected chi connectivity index (χ0v) is 13.3. The van der Waals surface area contributed by atoms with Crippen LogP contribution in [0.2, 0.25) is 0 Å². The number of aryl methyl sites for hydroxylation is 2. The minimum atomic E-state index is -0.389. The van der Waals surface area contributed by atoms with Crippen LogP contribution in [0.25, 0.3) is 11.0 Å². The van der Waals surface area contributed by atoms with E-state index in [2.05, 4.69) is 17.2 Å². The number of pyridine rings is 1. The molecule has 0 aliphatic rings. The maximum absolute atomic E-state index is 12.5. The van der Waals surface area contributed by atoms with E-state index < -0.39 is 0 Å². The first kappa shape index (κ1) is 15.0. The van der Waals surface area contributed by atoms with Crippen molar-refractivity contribution in [2.75, 3.05) is 5.32 Å². The molecule has 6 heteroatoms. The summed E-state index contributed by atoms with van der Waals surface area (Å²) in [7, 11) is 3.08. The molecule has 2 aromatic heterocycles. The number of nitrogens with zero attached hydrogens (tertiary/aromatic N) is 3. The molecule has 1 aromatic carbocycles. The summed E-state index contributed by atoms with van der Waals surface area (Å²) in [5.74, 6) is 0. The lowest BCUT2D eigenvalue weighted by Crippen LogP contribution is -2.37. The molecule has 118 valence electrons. The Bertz CT molecular complexity index is 984. The zero-order valence-electron chi connectivity index (χ0n) is 13.3. The first-order valence-corrected chi connectivity index (χ1v) is 7.43. The Morgan fingerprint density at radius 1 is 1.04 bits per heavy atom. The molecule has 0 aliphatic heterocycles. The van der Waals surface area contributed by atoms with Crippen LogP contribution >= 0.6 is 0 Å². The minimum absolute atomic E-state index is 0.358. The van der Waals surface area contributed by atoms with Gasteiger partial charge in [-0.2, -0.15) is 0 Å². The largest absolute Gasteiger partial charge is 0.355 e. The number of benzene rings is 1. The number of fused-ring (bicyclic) bond motifs is 1. The van der Waals surface area contributed by atoms with Gasteiger partial charge in [-0.25, -0.2) is 9.78 Å². The summed E-state index contributed by atoms with van der Waals surface area (Å²) in [4.78, 5) is 28.7. The van der Waals surface area contributed by atoms with Crippen molar-refractivity contribution in [3.05, 3.63) is 62.9 Å². The van der Waals surface area contributed by atoms with Crippen molar-refractivity contribution in [3.63, 3.8) is 0 Å². The average molecular weight is 310 g/mol. The van der Waals surface area contributed by atoms with Gasteiger partial charge in [-0.05, 0) is 30.2 Å². The summed E-state index contributed by atoms with van der Waals surface area (Å²) in [6, 6.07) is 9.76. The van der Waals surface area contributed by atoms with Gasteiger partial charge in [0.2, 0.25) is 0 Å². The van der Waals surface area contributed by atoms with E-state index in [4.69, 9.17) is 0 Å². The molecule has 2 heterocycles. The van der Waals surface area contributed by atoms with Gasteiger partial charge in [0.1, 0.15) is 5.39 Å². The molecular formula is C17H18N4O2. The average Bonchev–Trinajstić information content (AvgIpc) is 2.58. The highest BCUT2D eigenvalue weighted by atomic mass is 16.2. The lowest BCUT2D eigenvalue weighted by molar-refractivity contribution is 0.708. The minimum Gasteiger partial charge on any atom is -0.355 e. The smallest absolute Gasteiger partial charge is 0.332 e. The summed E-state index contributed by atoms with van der Waals surface area (Å²) in [6.07, 6.45) is 2.56. The van der Waals surface area contributed by atoms with Crippen LogP contribution in [0.3, 0.4) is 0 Å².